The van der Waals surface area contributed by atoms with Crippen molar-refractivity contribution >= 4 is 17.4 Å². The summed E-state index contributed by atoms with van der Waals surface area (Å²) in [6.07, 6.45) is 2.07. The highest BCUT2D eigenvalue weighted by Gasteiger charge is 2.23. The van der Waals surface area contributed by atoms with Crippen LogP contribution < -0.4 is 10.5 Å². The van der Waals surface area contributed by atoms with Crippen molar-refractivity contribution in [2.24, 2.45) is 0 Å². The Labute approximate surface area is 123 Å². The smallest absolute Gasteiger partial charge is 0.175 e. The van der Waals surface area contributed by atoms with Crippen molar-refractivity contribution < 1.29 is 9.26 Å². The first-order chi connectivity index (χ1) is 9.58. The van der Waals surface area contributed by atoms with E-state index in [1.807, 2.05) is 12.1 Å². The minimum atomic E-state index is 0.239. The molecule has 1 atom stereocenters. The zero-order chi connectivity index (χ0) is 14.7. The van der Waals surface area contributed by atoms with Crippen LogP contribution in [0.25, 0.3) is 11.1 Å². The molecule has 0 aliphatic heterocycles. The van der Waals surface area contributed by atoms with E-state index in [4.69, 9.17) is 26.6 Å². The maximum absolute atomic E-state index is 6.09. The quantitative estimate of drug-likeness (QED) is 0.882. The van der Waals surface area contributed by atoms with E-state index in [2.05, 4.69) is 19.0 Å². The van der Waals surface area contributed by atoms with Gasteiger partial charge in [0.1, 0.15) is 11.5 Å². The minimum Gasteiger partial charge on any atom is -0.496 e. The molecule has 5 heteroatoms. The van der Waals surface area contributed by atoms with E-state index in [0.29, 0.717) is 16.6 Å². The first-order valence-electron chi connectivity index (χ1n) is 6.67. The highest BCUT2D eigenvalue weighted by atomic mass is 35.5. The Kier molecular flexibility index (Phi) is 4.55. The summed E-state index contributed by atoms with van der Waals surface area (Å²) in [5, 5.41) is 4.53. The van der Waals surface area contributed by atoms with Crippen molar-refractivity contribution in [2.75, 3.05) is 12.8 Å². The van der Waals surface area contributed by atoms with E-state index in [1.54, 1.807) is 13.2 Å². The lowest BCUT2D eigenvalue weighted by Crippen LogP contribution is -1.97. The Morgan fingerprint density at radius 2 is 2.20 bits per heavy atom. The van der Waals surface area contributed by atoms with E-state index >= 15 is 0 Å². The van der Waals surface area contributed by atoms with E-state index in [-0.39, 0.29) is 5.92 Å². The Hall–Kier alpha value is -1.68. The first-order valence-corrected chi connectivity index (χ1v) is 7.05. The predicted molar refractivity (Wildman–Crippen MR) is 81.2 cm³/mol. The van der Waals surface area contributed by atoms with Gasteiger partial charge in [0.05, 0.1) is 12.7 Å². The Bertz CT molecular complexity index is 596. The van der Waals surface area contributed by atoms with Gasteiger partial charge in [0.2, 0.25) is 0 Å². The van der Waals surface area contributed by atoms with Crippen LogP contribution in [0.4, 0.5) is 5.82 Å². The molecule has 0 radical (unpaired) electrons. The average Bonchev–Trinajstić information content (AvgIpc) is 2.80. The molecule has 0 saturated carbocycles. The molecule has 0 amide bonds. The number of halogens is 1. The van der Waals surface area contributed by atoms with Crippen molar-refractivity contribution in [1.82, 2.24) is 5.16 Å². The first kappa shape index (κ1) is 14.7. The molecule has 0 spiro atoms. The molecule has 0 aliphatic carbocycles. The number of benzene rings is 1. The summed E-state index contributed by atoms with van der Waals surface area (Å²) in [6.45, 7) is 4.24. The number of nitrogens with zero attached hydrogens (tertiary/aromatic N) is 1. The molecule has 108 valence electrons. The molecule has 4 nitrogen and oxygen atoms in total. The maximum Gasteiger partial charge on any atom is 0.175 e. The van der Waals surface area contributed by atoms with Crippen LogP contribution in [0, 0.1) is 0 Å². The SMILES string of the molecule is CCCC(C)c1onc(N)c1-c1cc(Cl)ccc1OC. The topological polar surface area (TPSA) is 61.3 Å². The van der Waals surface area contributed by atoms with E-state index < -0.39 is 0 Å². The van der Waals surface area contributed by atoms with Gasteiger partial charge < -0.3 is 15.0 Å². The van der Waals surface area contributed by atoms with Crippen molar-refractivity contribution in [1.29, 1.82) is 0 Å². The third-order valence-electron chi connectivity index (χ3n) is 3.35. The number of hydrogen-bond donors (Lipinski definition) is 1. The molecule has 20 heavy (non-hydrogen) atoms. The highest BCUT2D eigenvalue weighted by Crippen LogP contribution is 2.41. The van der Waals surface area contributed by atoms with Gasteiger partial charge in [-0.3, -0.25) is 0 Å². The molecule has 1 aromatic heterocycles. The lowest BCUT2D eigenvalue weighted by atomic mass is 9.95. The summed E-state index contributed by atoms with van der Waals surface area (Å²) in [4.78, 5) is 0. The fraction of sp³-hybridized carbons (Fsp3) is 0.400. The molecule has 2 rings (SSSR count). The lowest BCUT2D eigenvalue weighted by molar-refractivity contribution is 0.362. The molecule has 0 bridgehead atoms. The Balaban J connectivity index is 2.57. The molecule has 0 fully saturated rings. The van der Waals surface area contributed by atoms with Crippen LogP contribution in [0.2, 0.25) is 5.02 Å². The van der Waals surface area contributed by atoms with Crippen LogP contribution in [0.5, 0.6) is 5.75 Å². The summed E-state index contributed by atoms with van der Waals surface area (Å²) >= 11 is 6.09. The fourth-order valence-corrected chi connectivity index (χ4v) is 2.53. The summed E-state index contributed by atoms with van der Waals surface area (Å²) in [6, 6.07) is 5.42. The summed E-state index contributed by atoms with van der Waals surface area (Å²) in [5.74, 6) is 2.09. The van der Waals surface area contributed by atoms with Gasteiger partial charge in [-0.05, 0) is 24.6 Å². The molecular weight excluding hydrogens is 276 g/mol. The van der Waals surface area contributed by atoms with Gasteiger partial charge in [0.15, 0.2) is 5.82 Å². The van der Waals surface area contributed by atoms with Crippen LogP contribution in [0.3, 0.4) is 0 Å². The van der Waals surface area contributed by atoms with Crippen molar-refractivity contribution in [2.45, 2.75) is 32.6 Å². The molecular formula is C15H19ClN2O2. The number of anilines is 1. The zero-order valence-electron chi connectivity index (χ0n) is 11.9. The normalized spacial score (nSPS) is 12.4. The fourth-order valence-electron chi connectivity index (χ4n) is 2.36. The second-order valence-corrected chi connectivity index (χ2v) is 5.28. The second-order valence-electron chi connectivity index (χ2n) is 4.84. The van der Waals surface area contributed by atoms with Crippen molar-refractivity contribution in [3.8, 4) is 16.9 Å². The van der Waals surface area contributed by atoms with Gasteiger partial charge in [0, 0.05) is 16.5 Å². The number of hydrogen-bond acceptors (Lipinski definition) is 4. The van der Waals surface area contributed by atoms with E-state index in [1.165, 1.54) is 0 Å². The molecule has 2 aromatic rings. The minimum absolute atomic E-state index is 0.239. The Morgan fingerprint density at radius 3 is 2.85 bits per heavy atom. The molecule has 2 N–H and O–H groups in total. The second kappa shape index (κ2) is 6.18. The molecule has 1 unspecified atom stereocenters. The van der Waals surface area contributed by atoms with Gasteiger partial charge in [-0.1, -0.05) is 37.0 Å². The van der Waals surface area contributed by atoms with Crippen LogP contribution in [-0.2, 0) is 0 Å². The Morgan fingerprint density at radius 1 is 1.45 bits per heavy atom. The van der Waals surface area contributed by atoms with Gasteiger partial charge in [-0.25, -0.2) is 0 Å². The van der Waals surface area contributed by atoms with Crippen LogP contribution in [0.15, 0.2) is 22.7 Å². The number of ether oxygens (including phenoxy) is 1. The van der Waals surface area contributed by atoms with Gasteiger partial charge in [0.25, 0.3) is 0 Å². The zero-order valence-corrected chi connectivity index (χ0v) is 12.7. The summed E-state index contributed by atoms with van der Waals surface area (Å²) in [5.41, 5.74) is 7.58. The molecule has 0 aliphatic rings. The van der Waals surface area contributed by atoms with Crippen LogP contribution >= 0.6 is 11.6 Å². The largest absolute Gasteiger partial charge is 0.496 e. The van der Waals surface area contributed by atoms with Crippen molar-refractivity contribution in [3.05, 3.63) is 29.0 Å². The van der Waals surface area contributed by atoms with E-state index in [0.717, 1.165) is 29.7 Å². The number of methoxy groups -OCH3 is 1. The maximum atomic E-state index is 6.09. The van der Waals surface area contributed by atoms with Gasteiger partial charge >= 0.3 is 0 Å². The lowest BCUT2D eigenvalue weighted by Gasteiger charge is -2.12. The molecule has 0 saturated heterocycles. The number of aromatic nitrogens is 1. The number of nitrogens with two attached hydrogens (primary N) is 1. The van der Waals surface area contributed by atoms with Gasteiger partial charge in [-0.15, -0.1) is 0 Å². The van der Waals surface area contributed by atoms with E-state index in [9.17, 15) is 0 Å². The standard InChI is InChI=1S/C15H19ClN2O2/c1-4-5-9(2)14-13(15(17)18-20-14)11-8-10(16)6-7-12(11)19-3/h6-9H,4-5H2,1-3H3,(H2,17,18). The van der Waals surface area contributed by atoms with Crippen LogP contribution in [0.1, 0.15) is 38.4 Å². The monoisotopic (exact) mass is 294 g/mol. The predicted octanol–water partition coefficient (Wildman–Crippen LogP) is 4.49. The summed E-state index contributed by atoms with van der Waals surface area (Å²) < 4.78 is 10.8. The number of rotatable bonds is 5. The highest BCUT2D eigenvalue weighted by molar-refractivity contribution is 6.31. The summed E-state index contributed by atoms with van der Waals surface area (Å²) in [7, 11) is 1.62. The van der Waals surface area contributed by atoms with Crippen molar-refractivity contribution in [3.63, 3.8) is 0 Å². The van der Waals surface area contributed by atoms with Gasteiger partial charge in [-0.2, -0.15) is 0 Å². The molecule has 1 aromatic carbocycles. The average molecular weight is 295 g/mol. The third-order valence-corrected chi connectivity index (χ3v) is 3.58. The van der Waals surface area contributed by atoms with Crippen LogP contribution in [-0.4, -0.2) is 12.3 Å². The third kappa shape index (κ3) is 2.75. The number of nitrogen functional groups attached to an aromatic ring is 1. The molecule has 1 heterocycles.